The van der Waals surface area contributed by atoms with Crippen molar-refractivity contribution in [2.75, 3.05) is 6.61 Å². The van der Waals surface area contributed by atoms with E-state index in [9.17, 15) is 4.79 Å². The molecule has 0 spiro atoms. The highest BCUT2D eigenvalue weighted by molar-refractivity contribution is 6.34. The van der Waals surface area contributed by atoms with Crippen molar-refractivity contribution in [3.8, 4) is 11.8 Å². The number of benzene rings is 1. The molecule has 1 rings (SSSR count). The van der Waals surface area contributed by atoms with Gasteiger partial charge in [-0.05, 0) is 25.0 Å². The van der Waals surface area contributed by atoms with E-state index in [1.54, 1.807) is 19.1 Å². The molecule has 4 nitrogen and oxygen atoms in total. The number of carbonyl (C=O) groups is 1. The summed E-state index contributed by atoms with van der Waals surface area (Å²) in [6, 6.07) is 6.84. The van der Waals surface area contributed by atoms with E-state index in [2.05, 4.69) is 11.4 Å². The van der Waals surface area contributed by atoms with E-state index in [1.807, 2.05) is 13.8 Å². The molecule has 1 unspecified atom stereocenters. The lowest BCUT2D eigenvalue weighted by Gasteiger charge is -2.27. The number of halogens is 2. The highest BCUT2D eigenvalue weighted by Gasteiger charge is 2.30. The van der Waals surface area contributed by atoms with Gasteiger partial charge in [0.05, 0.1) is 11.1 Å². The van der Waals surface area contributed by atoms with Crippen LogP contribution in [0.25, 0.3) is 0 Å². The Morgan fingerprint density at radius 3 is 2.70 bits per heavy atom. The Morgan fingerprint density at radius 2 is 2.15 bits per heavy atom. The zero-order chi connectivity index (χ0) is 15.3. The van der Waals surface area contributed by atoms with Crippen LogP contribution >= 0.6 is 23.2 Å². The molecular weight excluding hydrogens is 299 g/mol. The molecule has 0 aliphatic carbocycles. The minimum Gasteiger partial charge on any atom is -0.482 e. The highest BCUT2D eigenvalue weighted by atomic mass is 35.5. The van der Waals surface area contributed by atoms with Gasteiger partial charge in [0.2, 0.25) is 0 Å². The molecule has 0 aliphatic rings. The third-order valence-electron chi connectivity index (χ3n) is 3.04. The van der Waals surface area contributed by atoms with Crippen molar-refractivity contribution in [1.82, 2.24) is 5.32 Å². The number of hydrogen-bond donors (Lipinski definition) is 1. The van der Waals surface area contributed by atoms with Gasteiger partial charge in [-0.3, -0.25) is 4.79 Å². The first-order chi connectivity index (χ1) is 9.28. The molecule has 1 atom stereocenters. The van der Waals surface area contributed by atoms with Crippen molar-refractivity contribution in [2.24, 2.45) is 5.92 Å². The van der Waals surface area contributed by atoms with Crippen molar-refractivity contribution in [2.45, 2.75) is 26.3 Å². The normalized spacial score (nSPS) is 13.4. The third kappa shape index (κ3) is 4.29. The summed E-state index contributed by atoms with van der Waals surface area (Å²) in [6.07, 6.45) is 0. The summed E-state index contributed by atoms with van der Waals surface area (Å²) in [4.78, 5) is 11.8. The van der Waals surface area contributed by atoms with Crippen LogP contribution in [0.2, 0.25) is 10.0 Å². The van der Waals surface area contributed by atoms with E-state index in [-0.39, 0.29) is 12.5 Å². The number of nitrogens with zero attached hydrogens (tertiary/aromatic N) is 1. The largest absolute Gasteiger partial charge is 0.482 e. The maximum absolute atomic E-state index is 11.8. The Bertz CT molecular complexity index is 540. The number of rotatable bonds is 5. The lowest BCUT2D eigenvalue weighted by Crippen LogP contribution is -2.50. The van der Waals surface area contributed by atoms with Gasteiger partial charge in [0.15, 0.2) is 6.61 Å². The van der Waals surface area contributed by atoms with E-state index in [1.165, 1.54) is 6.07 Å². The predicted molar refractivity (Wildman–Crippen MR) is 79.0 cm³/mol. The maximum atomic E-state index is 11.8. The highest BCUT2D eigenvalue weighted by Crippen LogP contribution is 2.27. The predicted octanol–water partition coefficient (Wildman–Crippen LogP) is 3.43. The van der Waals surface area contributed by atoms with Crippen LogP contribution < -0.4 is 10.1 Å². The number of ether oxygens (including phenoxy) is 1. The Balaban J connectivity index is 2.65. The molecule has 0 fully saturated rings. The molecule has 1 aromatic carbocycles. The summed E-state index contributed by atoms with van der Waals surface area (Å²) in [6.45, 7) is 5.16. The summed E-state index contributed by atoms with van der Waals surface area (Å²) in [5, 5.41) is 12.6. The van der Waals surface area contributed by atoms with Gasteiger partial charge < -0.3 is 10.1 Å². The Kier molecular flexibility index (Phi) is 5.67. The fourth-order valence-corrected chi connectivity index (χ4v) is 1.69. The van der Waals surface area contributed by atoms with Crippen molar-refractivity contribution in [3.05, 3.63) is 28.2 Å². The van der Waals surface area contributed by atoms with E-state index in [0.717, 1.165) is 0 Å². The second kappa shape index (κ2) is 6.83. The number of hydrogen-bond acceptors (Lipinski definition) is 3. The fourth-order valence-electron chi connectivity index (χ4n) is 1.36. The summed E-state index contributed by atoms with van der Waals surface area (Å²) in [5.41, 5.74) is -0.932. The van der Waals surface area contributed by atoms with Crippen molar-refractivity contribution < 1.29 is 9.53 Å². The average molecular weight is 315 g/mol. The Hall–Kier alpha value is -1.44. The van der Waals surface area contributed by atoms with Crippen LogP contribution in [0.4, 0.5) is 0 Å². The number of carbonyl (C=O) groups excluding carboxylic acids is 1. The molecule has 0 heterocycles. The summed E-state index contributed by atoms with van der Waals surface area (Å²) in [7, 11) is 0. The lowest BCUT2D eigenvalue weighted by molar-refractivity contribution is -0.124. The summed E-state index contributed by atoms with van der Waals surface area (Å²) < 4.78 is 5.31. The summed E-state index contributed by atoms with van der Waals surface area (Å²) in [5.74, 6) is -0.0810. The SMILES string of the molecule is CC(C)C(C)(C#N)NC(=O)COc1cc(Cl)ccc1Cl. The molecular formula is C14H16Cl2N2O2. The van der Waals surface area contributed by atoms with Crippen molar-refractivity contribution in [3.63, 3.8) is 0 Å². The van der Waals surface area contributed by atoms with E-state index in [0.29, 0.717) is 15.8 Å². The monoisotopic (exact) mass is 314 g/mol. The number of amides is 1. The Labute approximate surface area is 128 Å². The van der Waals surface area contributed by atoms with Crippen LogP contribution in [0, 0.1) is 17.2 Å². The van der Waals surface area contributed by atoms with Crippen LogP contribution in [-0.2, 0) is 4.79 Å². The third-order valence-corrected chi connectivity index (χ3v) is 3.59. The zero-order valence-electron chi connectivity index (χ0n) is 11.5. The fraction of sp³-hybridized carbons (Fsp3) is 0.429. The number of nitrogens with one attached hydrogen (secondary N) is 1. The molecule has 1 amide bonds. The van der Waals surface area contributed by atoms with E-state index < -0.39 is 11.4 Å². The standard InChI is InChI=1S/C14H16Cl2N2O2/c1-9(2)14(3,8-17)18-13(19)7-20-12-6-10(15)4-5-11(12)16/h4-6,9H,7H2,1-3H3,(H,18,19). The first-order valence-corrected chi connectivity index (χ1v) is 6.84. The van der Waals surface area contributed by atoms with Crippen LogP contribution in [-0.4, -0.2) is 18.1 Å². The van der Waals surface area contributed by atoms with Gasteiger partial charge in [0.25, 0.3) is 5.91 Å². The Morgan fingerprint density at radius 1 is 1.50 bits per heavy atom. The average Bonchev–Trinajstić information content (AvgIpc) is 2.39. The quantitative estimate of drug-likeness (QED) is 0.905. The van der Waals surface area contributed by atoms with Crippen LogP contribution in [0.1, 0.15) is 20.8 Å². The molecule has 0 saturated heterocycles. The molecule has 1 aromatic rings. The molecule has 108 valence electrons. The van der Waals surface area contributed by atoms with Gasteiger partial charge in [0.1, 0.15) is 11.3 Å². The smallest absolute Gasteiger partial charge is 0.259 e. The first-order valence-electron chi connectivity index (χ1n) is 6.08. The van der Waals surface area contributed by atoms with Gasteiger partial charge in [-0.15, -0.1) is 0 Å². The van der Waals surface area contributed by atoms with Crippen molar-refractivity contribution >= 4 is 29.1 Å². The van der Waals surface area contributed by atoms with Gasteiger partial charge in [-0.2, -0.15) is 5.26 Å². The van der Waals surface area contributed by atoms with Crippen molar-refractivity contribution in [1.29, 1.82) is 5.26 Å². The molecule has 1 N–H and O–H groups in total. The molecule has 20 heavy (non-hydrogen) atoms. The molecule has 0 aliphatic heterocycles. The lowest BCUT2D eigenvalue weighted by atomic mass is 9.90. The second-order valence-electron chi connectivity index (χ2n) is 4.88. The van der Waals surface area contributed by atoms with Crippen LogP contribution in [0.15, 0.2) is 18.2 Å². The molecule has 0 bridgehead atoms. The topological polar surface area (TPSA) is 62.1 Å². The van der Waals surface area contributed by atoms with Gasteiger partial charge >= 0.3 is 0 Å². The van der Waals surface area contributed by atoms with Gasteiger partial charge in [-0.25, -0.2) is 0 Å². The summed E-state index contributed by atoms with van der Waals surface area (Å²) >= 11 is 11.7. The van der Waals surface area contributed by atoms with Gasteiger partial charge in [-0.1, -0.05) is 37.0 Å². The van der Waals surface area contributed by atoms with Gasteiger partial charge in [0, 0.05) is 11.1 Å². The van der Waals surface area contributed by atoms with Crippen LogP contribution in [0.3, 0.4) is 0 Å². The van der Waals surface area contributed by atoms with E-state index in [4.69, 9.17) is 33.2 Å². The van der Waals surface area contributed by atoms with Crippen LogP contribution in [0.5, 0.6) is 5.75 Å². The zero-order valence-corrected chi connectivity index (χ0v) is 13.0. The second-order valence-corrected chi connectivity index (χ2v) is 5.72. The minimum absolute atomic E-state index is 0.0220. The first kappa shape index (κ1) is 16.6. The molecule has 0 saturated carbocycles. The molecule has 0 aromatic heterocycles. The van der Waals surface area contributed by atoms with E-state index >= 15 is 0 Å². The molecule has 6 heteroatoms. The minimum atomic E-state index is -0.932. The molecule has 0 radical (unpaired) electrons. The number of nitriles is 1. The maximum Gasteiger partial charge on any atom is 0.259 e.